The Kier molecular flexibility index (Phi) is 1.47. The van der Waals surface area contributed by atoms with Crippen molar-refractivity contribution in [1.29, 1.82) is 0 Å². The molecule has 1 aromatic rings. The van der Waals surface area contributed by atoms with Crippen molar-refractivity contribution in [3.8, 4) is 0 Å². The molecule has 0 aliphatic rings. The molecule has 9 heavy (non-hydrogen) atoms. The van der Waals surface area contributed by atoms with E-state index >= 15 is 0 Å². The van der Waals surface area contributed by atoms with Gasteiger partial charge in [0.1, 0.15) is 5.82 Å². The van der Waals surface area contributed by atoms with Crippen LogP contribution in [-0.4, -0.2) is 11.6 Å². The highest BCUT2D eigenvalue weighted by atomic mass is 15.1. The first-order valence-electron chi connectivity index (χ1n) is 3.05. The summed E-state index contributed by atoms with van der Waals surface area (Å²) in [6.45, 7) is 2.08. The second kappa shape index (κ2) is 2.13. The van der Waals surface area contributed by atoms with Gasteiger partial charge in [-0.3, -0.25) is 0 Å². The predicted molar refractivity (Wildman–Crippen MR) is 39.7 cm³/mol. The van der Waals surface area contributed by atoms with Gasteiger partial charge in [-0.2, -0.15) is 0 Å². The van der Waals surface area contributed by atoms with Gasteiger partial charge in [-0.15, -0.1) is 0 Å². The third-order valence-corrected chi connectivity index (χ3v) is 1.40. The van der Waals surface area contributed by atoms with E-state index in [0.29, 0.717) is 0 Å². The average Bonchev–Trinajstić information content (AvgIpc) is 2.10. The van der Waals surface area contributed by atoms with Gasteiger partial charge in [0.25, 0.3) is 0 Å². The minimum Gasteiger partial charge on any atom is -0.375 e. The molecule has 1 heterocycles. The highest BCUT2D eigenvalue weighted by Crippen LogP contribution is 2.09. The Morgan fingerprint density at radius 2 is 2.22 bits per heavy atom. The molecule has 0 amide bonds. The molecule has 0 atom stereocenters. The predicted octanol–water partition coefficient (Wildman–Crippen LogP) is 1.38. The molecule has 1 aromatic heterocycles. The number of hydrogen-bond acceptors (Lipinski definition) is 1. The van der Waals surface area contributed by atoms with Crippen LogP contribution in [0.15, 0.2) is 12.3 Å². The Morgan fingerprint density at radius 3 is 2.44 bits per heavy atom. The van der Waals surface area contributed by atoms with Crippen LogP contribution in [0.5, 0.6) is 0 Å². The topological polar surface area (TPSA) is 17.0 Å². The minimum atomic E-state index is 1.16. The molecular weight excluding hydrogens is 112 g/mol. The van der Waals surface area contributed by atoms with Crippen LogP contribution in [0, 0.1) is 6.92 Å². The summed E-state index contributed by atoms with van der Waals surface area (Å²) in [5.41, 5.74) is 1.29. The molecule has 1 N–H and O–H groups in total. The molecule has 50 valence electrons. The van der Waals surface area contributed by atoms with E-state index in [4.69, 9.17) is 0 Å². The number of anilines is 1. The lowest BCUT2D eigenvalue weighted by Crippen LogP contribution is -1.94. The van der Waals surface area contributed by atoms with Crippen molar-refractivity contribution in [1.82, 2.24) is 4.57 Å². The molecule has 0 spiro atoms. The van der Waals surface area contributed by atoms with Crippen LogP contribution in [0.1, 0.15) is 5.56 Å². The number of aryl methyl sites for hydroxylation is 2. The van der Waals surface area contributed by atoms with Gasteiger partial charge in [-0.1, -0.05) is 0 Å². The van der Waals surface area contributed by atoms with Crippen molar-refractivity contribution < 1.29 is 0 Å². The Morgan fingerprint density at radius 1 is 1.56 bits per heavy atom. The van der Waals surface area contributed by atoms with E-state index < -0.39 is 0 Å². The first kappa shape index (κ1) is 6.20. The molecule has 0 aliphatic carbocycles. The molecule has 1 rings (SSSR count). The van der Waals surface area contributed by atoms with E-state index in [1.165, 1.54) is 5.56 Å². The summed E-state index contributed by atoms with van der Waals surface area (Å²) in [6.07, 6.45) is 2.09. The third-order valence-electron chi connectivity index (χ3n) is 1.40. The molecule has 0 saturated heterocycles. The highest BCUT2D eigenvalue weighted by Gasteiger charge is 1.93. The quantitative estimate of drug-likeness (QED) is 0.598. The molecular formula is C7H12N2. The maximum Gasteiger partial charge on any atom is 0.105 e. The monoisotopic (exact) mass is 124 g/mol. The number of rotatable bonds is 1. The minimum absolute atomic E-state index is 1.16. The zero-order chi connectivity index (χ0) is 6.85. The summed E-state index contributed by atoms with van der Waals surface area (Å²) in [5.74, 6) is 1.16. The number of nitrogens with zero attached hydrogens (tertiary/aromatic N) is 1. The van der Waals surface area contributed by atoms with E-state index in [9.17, 15) is 0 Å². The molecule has 0 saturated carbocycles. The second-order valence-electron chi connectivity index (χ2n) is 2.26. The van der Waals surface area contributed by atoms with Gasteiger partial charge in [-0.25, -0.2) is 0 Å². The van der Waals surface area contributed by atoms with Crippen molar-refractivity contribution in [2.45, 2.75) is 6.92 Å². The van der Waals surface area contributed by atoms with Crippen LogP contribution < -0.4 is 5.32 Å². The Balaban J connectivity index is 3.01. The van der Waals surface area contributed by atoms with Crippen LogP contribution >= 0.6 is 0 Å². The Labute approximate surface area is 55.5 Å². The van der Waals surface area contributed by atoms with E-state index in [0.717, 1.165) is 5.82 Å². The zero-order valence-electron chi connectivity index (χ0n) is 6.10. The molecule has 0 aromatic carbocycles. The summed E-state index contributed by atoms with van der Waals surface area (Å²) >= 11 is 0. The Bertz CT molecular complexity index is 201. The third kappa shape index (κ3) is 1.07. The van der Waals surface area contributed by atoms with Crippen molar-refractivity contribution in [3.63, 3.8) is 0 Å². The van der Waals surface area contributed by atoms with E-state index in [-0.39, 0.29) is 0 Å². The summed E-state index contributed by atoms with van der Waals surface area (Å²) in [4.78, 5) is 0. The van der Waals surface area contributed by atoms with Crippen molar-refractivity contribution in [3.05, 3.63) is 17.8 Å². The maximum absolute atomic E-state index is 3.08. The van der Waals surface area contributed by atoms with Gasteiger partial charge in [0.2, 0.25) is 0 Å². The Hall–Kier alpha value is -0.920. The van der Waals surface area contributed by atoms with Crippen LogP contribution in [-0.2, 0) is 7.05 Å². The molecule has 2 nitrogen and oxygen atoms in total. The van der Waals surface area contributed by atoms with E-state index in [1.54, 1.807) is 0 Å². The number of aromatic nitrogens is 1. The number of nitrogens with one attached hydrogen (secondary N) is 1. The molecule has 0 bridgehead atoms. The van der Waals surface area contributed by atoms with Crippen LogP contribution in [0.3, 0.4) is 0 Å². The summed E-state index contributed by atoms with van der Waals surface area (Å²) in [7, 11) is 3.95. The lowest BCUT2D eigenvalue weighted by Gasteiger charge is -1.98. The fourth-order valence-corrected chi connectivity index (χ4v) is 0.978. The molecule has 0 fully saturated rings. The molecule has 2 heteroatoms. The van der Waals surface area contributed by atoms with Crippen LogP contribution in [0.4, 0.5) is 5.82 Å². The first-order chi connectivity index (χ1) is 4.24. The van der Waals surface area contributed by atoms with Gasteiger partial charge in [0.15, 0.2) is 0 Å². The summed E-state index contributed by atoms with van der Waals surface area (Å²) in [6, 6.07) is 2.11. The molecule has 0 radical (unpaired) electrons. The van der Waals surface area contributed by atoms with E-state index in [2.05, 4.69) is 29.1 Å². The fraction of sp³-hybridized carbons (Fsp3) is 0.429. The maximum atomic E-state index is 3.08. The molecule has 0 unspecified atom stereocenters. The van der Waals surface area contributed by atoms with E-state index in [1.807, 2.05) is 14.1 Å². The van der Waals surface area contributed by atoms with Crippen molar-refractivity contribution >= 4 is 5.82 Å². The van der Waals surface area contributed by atoms with Crippen LogP contribution in [0.2, 0.25) is 0 Å². The largest absolute Gasteiger partial charge is 0.375 e. The smallest absolute Gasteiger partial charge is 0.105 e. The second-order valence-corrected chi connectivity index (χ2v) is 2.26. The number of hydrogen-bond donors (Lipinski definition) is 1. The summed E-state index contributed by atoms with van der Waals surface area (Å²) < 4.78 is 2.06. The lowest BCUT2D eigenvalue weighted by molar-refractivity contribution is 0.929. The summed E-state index contributed by atoms with van der Waals surface area (Å²) in [5, 5.41) is 3.08. The van der Waals surface area contributed by atoms with Crippen molar-refractivity contribution in [2.75, 3.05) is 12.4 Å². The van der Waals surface area contributed by atoms with Gasteiger partial charge in [0, 0.05) is 20.3 Å². The first-order valence-corrected chi connectivity index (χ1v) is 3.05. The lowest BCUT2D eigenvalue weighted by atomic mass is 10.4. The molecule has 0 aliphatic heterocycles. The van der Waals surface area contributed by atoms with Gasteiger partial charge in [-0.05, 0) is 18.6 Å². The highest BCUT2D eigenvalue weighted by molar-refractivity contribution is 5.39. The van der Waals surface area contributed by atoms with Crippen molar-refractivity contribution in [2.24, 2.45) is 7.05 Å². The normalized spacial score (nSPS) is 9.67. The standard InChI is InChI=1S/C7H12N2/c1-6-4-7(8-2)9(3)5-6/h4-5,8H,1-3H3. The van der Waals surface area contributed by atoms with Gasteiger partial charge >= 0.3 is 0 Å². The average molecular weight is 124 g/mol. The van der Waals surface area contributed by atoms with Gasteiger partial charge < -0.3 is 9.88 Å². The van der Waals surface area contributed by atoms with Gasteiger partial charge in [0.05, 0.1) is 0 Å². The SMILES string of the molecule is CNc1cc(C)cn1C. The fourth-order valence-electron chi connectivity index (χ4n) is 0.978. The van der Waals surface area contributed by atoms with Crippen LogP contribution in [0.25, 0.3) is 0 Å². The zero-order valence-corrected chi connectivity index (χ0v) is 6.10.